The van der Waals surface area contributed by atoms with Crippen LogP contribution in [0.3, 0.4) is 0 Å². The number of nitro benzene ring substituents is 1. The van der Waals surface area contributed by atoms with E-state index in [0.29, 0.717) is 6.61 Å². The number of hydrogen-bond donors (Lipinski definition) is 0. The normalized spacial score (nSPS) is 10.4. The predicted octanol–water partition coefficient (Wildman–Crippen LogP) is 3.38. The molecular formula is C12H10NO3S. The quantitative estimate of drug-likeness (QED) is 0.602. The van der Waals surface area contributed by atoms with E-state index in [-0.39, 0.29) is 5.69 Å². The number of benzene rings is 1. The summed E-state index contributed by atoms with van der Waals surface area (Å²) in [5.41, 5.74) is 0.999. The van der Waals surface area contributed by atoms with Crippen LogP contribution in [0.5, 0.6) is 0 Å². The van der Waals surface area contributed by atoms with Crippen LogP contribution in [0, 0.1) is 16.7 Å². The van der Waals surface area contributed by atoms with Gasteiger partial charge in [-0.15, -0.1) is 11.3 Å². The fraction of sp³-hybridized carbons (Fsp3) is 0.0833. The lowest BCUT2D eigenvalue weighted by Gasteiger charge is -2.01. The molecule has 0 bridgehead atoms. The zero-order valence-electron chi connectivity index (χ0n) is 8.91. The van der Waals surface area contributed by atoms with Crippen LogP contribution in [0.2, 0.25) is 0 Å². The molecule has 1 heterocycles. The summed E-state index contributed by atoms with van der Waals surface area (Å²) in [7, 11) is 0. The van der Waals surface area contributed by atoms with Gasteiger partial charge in [0.1, 0.15) is 6.61 Å². The Balaban J connectivity index is 1.85. The standard InChI is InChI=1S/C12H10NO3S/c14-13(15)11-5-3-10(4-6-11)8-16-9-12-2-1-7-17-12/h1-7,9H,8H2. The topological polar surface area (TPSA) is 52.4 Å². The van der Waals surface area contributed by atoms with Crippen molar-refractivity contribution in [3.63, 3.8) is 0 Å². The van der Waals surface area contributed by atoms with Gasteiger partial charge in [0.15, 0.2) is 0 Å². The van der Waals surface area contributed by atoms with E-state index >= 15 is 0 Å². The lowest BCUT2D eigenvalue weighted by atomic mass is 10.2. The number of hydrogen-bond acceptors (Lipinski definition) is 4. The zero-order valence-corrected chi connectivity index (χ0v) is 9.72. The van der Waals surface area contributed by atoms with Crippen LogP contribution in [-0.2, 0) is 11.3 Å². The molecule has 2 rings (SSSR count). The Hall–Kier alpha value is -1.72. The molecule has 0 amide bonds. The molecule has 0 saturated carbocycles. The van der Waals surface area contributed by atoms with E-state index in [0.717, 1.165) is 10.4 Å². The summed E-state index contributed by atoms with van der Waals surface area (Å²) in [6.45, 7) is 2.10. The molecule has 0 spiro atoms. The third kappa shape index (κ3) is 3.37. The molecule has 0 unspecified atom stereocenters. The van der Waals surface area contributed by atoms with Crippen molar-refractivity contribution in [2.75, 3.05) is 0 Å². The molecule has 87 valence electrons. The highest BCUT2D eigenvalue weighted by Gasteiger charge is 2.04. The van der Waals surface area contributed by atoms with E-state index in [1.807, 2.05) is 17.5 Å². The van der Waals surface area contributed by atoms with Crippen molar-refractivity contribution < 1.29 is 9.66 Å². The van der Waals surface area contributed by atoms with Crippen LogP contribution in [-0.4, -0.2) is 4.92 Å². The first-order chi connectivity index (χ1) is 8.25. The van der Waals surface area contributed by atoms with Crippen LogP contribution in [0.1, 0.15) is 10.4 Å². The Kier molecular flexibility index (Phi) is 3.85. The van der Waals surface area contributed by atoms with Crippen LogP contribution in [0.25, 0.3) is 0 Å². The first kappa shape index (κ1) is 11.8. The number of non-ortho nitro benzene ring substituents is 1. The number of nitrogens with zero attached hydrogens (tertiary/aromatic N) is 1. The SMILES string of the molecule is O=[N+]([O-])c1ccc(CO[CH]c2cccs2)cc1. The van der Waals surface area contributed by atoms with Gasteiger partial charge in [0, 0.05) is 17.0 Å². The summed E-state index contributed by atoms with van der Waals surface area (Å²) in [5, 5.41) is 12.4. The van der Waals surface area contributed by atoms with Gasteiger partial charge in [-0.25, -0.2) is 0 Å². The van der Waals surface area contributed by atoms with Crippen LogP contribution >= 0.6 is 11.3 Å². The molecule has 5 heteroatoms. The van der Waals surface area contributed by atoms with Gasteiger partial charge < -0.3 is 4.74 Å². The maximum atomic E-state index is 10.5. The first-order valence-corrected chi connectivity index (χ1v) is 5.85. The minimum atomic E-state index is -0.414. The molecular weight excluding hydrogens is 238 g/mol. The Morgan fingerprint density at radius 3 is 2.65 bits per heavy atom. The predicted molar refractivity (Wildman–Crippen MR) is 65.6 cm³/mol. The Labute approximate surface area is 103 Å². The van der Waals surface area contributed by atoms with Crippen molar-refractivity contribution in [3.8, 4) is 0 Å². The van der Waals surface area contributed by atoms with E-state index in [2.05, 4.69) is 0 Å². The average molecular weight is 248 g/mol. The van der Waals surface area contributed by atoms with Gasteiger partial charge in [0.25, 0.3) is 5.69 Å². The van der Waals surface area contributed by atoms with Gasteiger partial charge in [-0.1, -0.05) is 6.07 Å². The van der Waals surface area contributed by atoms with Gasteiger partial charge >= 0.3 is 0 Å². The monoisotopic (exact) mass is 248 g/mol. The molecule has 2 aromatic rings. The summed E-state index contributed by atoms with van der Waals surface area (Å²) in [6, 6.07) is 10.3. The molecule has 1 aromatic heterocycles. The van der Waals surface area contributed by atoms with E-state index in [4.69, 9.17) is 4.74 Å². The summed E-state index contributed by atoms with van der Waals surface area (Å²) >= 11 is 1.59. The lowest BCUT2D eigenvalue weighted by molar-refractivity contribution is -0.384. The largest absolute Gasteiger partial charge is 0.365 e. The summed E-state index contributed by atoms with van der Waals surface area (Å²) in [6.07, 6.45) is 0. The van der Waals surface area contributed by atoms with E-state index < -0.39 is 4.92 Å². The third-order valence-electron chi connectivity index (χ3n) is 2.14. The van der Waals surface area contributed by atoms with Crippen molar-refractivity contribution in [1.29, 1.82) is 0 Å². The molecule has 0 atom stereocenters. The molecule has 1 aromatic carbocycles. The number of thiophene rings is 1. The van der Waals surface area contributed by atoms with E-state index in [1.54, 1.807) is 30.1 Å². The van der Waals surface area contributed by atoms with Crippen molar-refractivity contribution in [1.82, 2.24) is 0 Å². The number of ether oxygens (including phenoxy) is 1. The second kappa shape index (κ2) is 5.56. The van der Waals surface area contributed by atoms with Crippen molar-refractivity contribution >= 4 is 17.0 Å². The maximum Gasteiger partial charge on any atom is 0.269 e. The van der Waals surface area contributed by atoms with E-state index in [1.165, 1.54) is 12.1 Å². The second-order valence-electron chi connectivity index (χ2n) is 3.37. The third-order valence-corrected chi connectivity index (χ3v) is 2.94. The van der Waals surface area contributed by atoms with Crippen molar-refractivity contribution in [2.45, 2.75) is 6.61 Å². The van der Waals surface area contributed by atoms with Gasteiger partial charge in [-0.3, -0.25) is 10.1 Å². The molecule has 0 aliphatic rings. The summed E-state index contributed by atoms with van der Waals surface area (Å²) in [4.78, 5) is 11.1. The molecule has 0 fully saturated rings. The first-order valence-electron chi connectivity index (χ1n) is 4.97. The van der Waals surface area contributed by atoms with Gasteiger partial charge in [-0.2, -0.15) is 0 Å². The average Bonchev–Trinajstić information content (AvgIpc) is 2.83. The van der Waals surface area contributed by atoms with Gasteiger partial charge in [0.2, 0.25) is 0 Å². The highest BCUT2D eigenvalue weighted by Crippen LogP contribution is 2.15. The number of nitro groups is 1. The molecule has 1 radical (unpaired) electrons. The molecule has 17 heavy (non-hydrogen) atoms. The zero-order chi connectivity index (χ0) is 12.1. The highest BCUT2D eigenvalue weighted by atomic mass is 32.1. The summed E-state index contributed by atoms with van der Waals surface area (Å²) < 4.78 is 5.38. The van der Waals surface area contributed by atoms with Crippen LogP contribution in [0.15, 0.2) is 41.8 Å². The Bertz CT molecular complexity index is 479. The number of rotatable bonds is 5. The van der Waals surface area contributed by atoms with Crippen molar-refractivity contribution in [2.24, 2.45) is 0 Å². The molecule has 0 N–H and O–H groups in total. The summed E-state index contributed by atoms with van der Waals surface area (Å²) in [5.74, 6) is 0. The smallest absolute Gasteiger partial charge is 0.269 e. The van der Waals surface area contributed by atoms with Gasteiger partial charge in [0.05, 0.1) is 11.5 Å². The van der Waals surface area contributed by atoms with Crippen LogP contribution < -0.4 is 0 Å². The molecule has 0 saturated heterocycles. The minimum Gasteiger partial charge on any atom is -0.365 e. The maximum absolute atomic E-state index is 10.5. The van der Waals surface area contributed by atoms with Crippen LogP contribution in [0.4, 0.5) is 5.69 Å². The second-order valence-corrected chi connectivity index (χ2v) is 4.35. The fourth-order valence-corrected chi connectivity index (χ4v) is 1.89. The van der Waals surface area contributed by atoms with E-state index in [9.17, 15) is 10.1 Å². The Morgan fingerprint density at radius 1 is 1.29 bits per heavy atom. The highest BCUT2D eigenvalue weighted by molar-refractivity contribution is 7.10. The lowest BCUT2D eigenvalue weighted by Crippen LogP contribution is -1.92. The van der Waals surface area contributed by atoms with Crippen molar-refractivity contribution in [3.05, 3.63) is 68.9 Å². The molecule has 0 aliphatic carbocycles. The molecule has 4 nitrogen and oxygen atoms in total. The Morgan fingerprint density at radius 2 is 2.06 bits per heavy atom. The fourth-order valence-electron chi connectivity index (χ4n) is 1.29. The van der Waals surface area contributed by atoms with Gasteiger partial charge in [-0.05, 0) is 29.1 Å². The minimum absolute atomic E-state index is 0.0935. The molecule has 0 aliphatic heterocycles.